The quantitative estimate of drug-likeness (QED) is 0.792. The van der Waals surface area contributed by atoms with E-state index in [1.165, 1.54) is 6.07 Å². The molecule has 166 valence electrons. The van der Waals surface area contributed by atoms with Gasteiger partial charge in [0.25, 0.3) is 5.91 Å². The largest absolute Gasteiger partial charge is 0.350 e. The summed E-state index contributed by atoms with van der Waals surface area (Å²) in [5, 5.41) is 3.65. The average Bonchev–Trinajstić information content (AvgIpc) is 3.44. The molecular formula is C24H31FN4O2. The first kappa shape index (κ1) is 20.5. The van der Waals surface area contributed by atoms with Crippen LogP contribution >= 0.6 is 0 Å². The third-order valence-electron chi connectivity index (χ3n) is 7.67. The molecule has 3 fully saturated rings. The predicted octanol–water partition coefficient (Wildman–Crippen LogP) is 3.21. The number of fused-ring (bicyclic) bond motifs is 2. The van der Waals surface area contributed by atoms with Gasteiger partial charge in [-0.1, -0.05) is 6.07 Å². The second-order valence-electron chi connectivity index (χ2n) is 9.61. The Bertz CT molecular complexity index is 979. The number of aromatic amines is 1. The normalized spacial score (nSPS) is 28.8. The lowest BCUT2D eigenvalue weighted by Gasteiger charge is -2.36. The lowest BCUT2D eigenvalue weighted by molar-refractivity contribution is -0.129. The maximum Gasteiger partial charge on any atom is 0.267 e. The van der Waals surface area contributed by atoms with Gasteiger partial charge in [-0.3, -0.25) is 14.5 Å². The fraction of sp³-hybridized carbons (Fsp3) is 0.583. The number of amides is 2. The average molecular weight is 427 g/mol. The molecule has 0 unspecified atom stereocenters. The van der Waals surface area contributed by atoms with Crippen LogP contribution in [-0.4, -0.2) is 64.4 Å². The van der Waals surface area contributed by atoms with Crippen molar-refractivity contribution < 1.29 is 14.0 Å². The van der Waals surface area contributed by atoms with E-state index < -0.39 is 0 Å². The van der Waals surface area contributed by atoms with Crippen LogP contribution in [0.5, 0.6) is 0 Å². The lowest BCUT2D eigenvalue weighted by Crippen LogP contribution is -2.46. The van der Waals surface area contributed by atoms with Gasteiger partial charge >= 0.3 is 0 Å². The smallest absolute Gasteiger partial charge is 0.267 e. The molecule has 4 atom stereocenters. The monoisotopic (exact) mass is 426 g/mol. The molecule has 3 heterocycles. The molecule has 5 rings (SSSR count). The molecule has 0 bridgehead atoms. The summed E-state index contributed by atoms with van der Waals surface area (Å²) in [6.07, 6.45) is 5.22. The number of rotatable bonds is 3. The maximum absolute atomic E-state index is 14.1. The number of hydrogen-bond acceptors (Lipinski definition) is 3. The molecule has 1 aromatic heterocycles. The van der Waals surface area contributed by atoms with Crippen LogP contribution in [0.25, 0.3) is 10.9 Å². The summed E-state index contributed by atoms with van der Waals surface area (Å²) in [6.45, 7) is 6.49. The molecule has 1 aromatic carbocycles. The van der Waals surface area contributed by atoms with Crippen molar-refractivity contribution in [1.82, 2.24) is 20.1 Å². The zero-order chi connectivity index (χ0) is 21.7. The Morgan fingerprint density at radius 2 is 2.03 bits per heavy atom. The highest BCUT2D eigenvalue weighted by Crippen LogP contribution is 2.35. The molecule has 1 aliphatic carbocycles. The second-order valence-corrected chi connectivity index (χ2v) is 9.61. The van der Waals surface area contributed by atoms with Gasteiger partial charge in [-0.15, -0.1) is 0 Å². The van der Waals surface area contributed by atoms with Gasteiger partial charge in [0.05, 0.1) is 5.52 Å². The summed E-state index contributed by atoms with van der Waals surface area (Å²) >= 11 is 0. The van der Waals surface area contributed by atoms with Crippen molar-refractivity contribution in [2.24, 2.45) is 5.92 Å². The zero-order valence-electron chi connectivity index (χ0n) is 18.3. The second kappa shape index (κ2) is 7.93. The highest BCUT2D eigenvalue weighted by atomic mass is 19.1. The molecule has 0 radical (unpaired) electrons. The van der Waals surface area contributed by atoms with Crippen LogP contribution in [0, 0.1) is 18.7 Å². The standard InChI is InChI=1S/C24H31FN4O2/c1-14-6-7-20(25)19-11-21(27-23(14)19)24(31)26-17-4-3-5-18(10-17)28-12-16-8-9-29(15(2)30)22(16)13-28/h6-7,11,16-18,22,27H,3-5,8-10,12-13H2,1-2H3,(H,26,31)/t16-,17+,18+,22+/m0/s1. The van der Waals surface area contributed by atoms with E-state index in [9.17, 15) is 14.0 Å². The van der Waals surface area contributed by atoms with E-state index in [0.29, 0.717) is 34.6 Å². The van der Waals surface area contributed by atoms with Crippen molar-refractivity contribution in [2.45, 2.75) is 64.1 Å². The van der Waals surface area contributed by atoms with Crippen LogP contribution in [0.2, 0.25) is 0 Å². The van der Waals surface area contributed by atoms with Gasteiger partial charge in [0, 0.05) is 50.1 Å². The third kappa shape index (κ3) is 3.73. The van der Waals surface area contributed by atoms with E-state index in [4.69, 9.17) is 0 Å². The van der Waals surface area contributed by atoms with Crippen molar-refractivity contribution in [3.8, 4) is 0 Å². The Morgan fingerprint density at radius 3 is 2.81 bits per heavy atom. The Hall–Kier alpha value is -2.41. The number of nitrogens with one attached hydrogen (secondary N) is 2. The molecule has 6 nitrogen and oxygen atoms in total. The molecule has 7 heteroatoms. The van der Waals surface area contributed by atoms with Gasteiger partial charge < -0.3 is 15.2 Å². The summed E-state index contributed by atoms with van der Waals surface area (Å²) in [4.78, 5) is 32.5. The highest BCUT2D eigenvalue weighted by molar-refractivity contribution is 5.99. The van der Waals surface area contributed by atoms with Crippen LogP contribution in [0.4, 0.5) is 4.39 Å². The van der Waals surface area contributed by atoms with Crippen LogP contribution < -0.4 is 5.32 Å². The van der Waals surface area contributed by atoms with Crippen molar-refractivity contribution in [3.05, 3.63) is 35.3 Å². The van der Waals surface area contributed by atoms with Crippen molar-refractivity contribution in [2.75, 3.05) is 19.6 Å². The van der Waals surface area contributed by atoms with Gasteiger partial charge in [-0.05, 0) is 62.6 Å². The molecule has 2 aromatic rings. The minimum absolute atomic E-state index is 0.118. The van der Waals surface area contributed by atoms with Crippen LogP contribution in [-0.2, 0) is 4.79 Å². The number of nitrogens with zero attached hydrogens (tertiary/aromatic N) is 2. The number of aryl methyl sites for hydroxylation is 1. The van der Waals surface area contributed by atoms with E-state index >= 15 is 0 Å². The van der Waals surface area contributed by atoms with E-state index in [1.807, 2.05) is 11.8 Å². The molecule has 0 spiro atoms. The molecular weight excluding hydrogens is 395 g/mol. The van der Waals surface area contributed by atoms with Gasteiger partial charge in [0.1, 0.15) is 11.5 Å². The first-order chi connectivity index (χ1) is 14.9. The van der Waals surface area contributed by atoms with E-state index in [1.54, 1.807) is 19.1 Å². The zero-order valence-corrected chi connectivity index (χ0v) is 18.3. The minimum atomic E-state index is -0.312. The first-order valence-electron chi connectivity index (χ1n) is 11.5. The lowest BCUT2D eigenvalue weighted by atomic mass is 9.90. The predicted molar refractivity (Wildman–Crippen MR) is 117 cm³/mol. The van der Waals surface area contributed by atoms with E-state index in [0.717, 1.165) is 57.3 Å². The number of benzene rings is 1. The molecule has 2 aliphatic heterocycles. The first-order valence-corrected chi connectivity index (χ1v) is 11.5. The van der Waals surface area contributed by atoms with Crippen molar-refractivity contribution in [3.63, 3.8) is 0 Å². The van der Waals surface area contributed by atoms with E-state index in [-0.39, 0.29) is 23.7 Å². The molecule has 31 heavy (non-hydrogen) atoms. The Morgan fingerprint density at radius 1 is 1.19 bits per heavy atom. The summed E-state index contributed by atoms with van der Waals surface area (Å²) in [7, 11) is 0. The van der Waals surface area contributed by atoms with Gasteiger partial charge in [0.2, 0.25) is 5.91 Å². The summed E-state index contributed by atoms with van der Waals surface area (Å²) in [5.74, 6) is 0.297. The van der Waals surface area contributed by atoms with Crippen LogP contribution in [0.15, 0.2) is 18.2 Å². The fourth-order valence-electron chi connectivity index (χ4n) is 6.02. The summed E-state index contributed by atoms with van der Waals surface area (Å²) in [6, 6.07) is 5.70. The number of carbonyl (C=O) groups is 2. The van der Waals surface area contributed by atoms with E-state index in [2.05, 4.69) is 15.2 Å². The summed E-state index contributed by atoms with van der Waals surface area (Å²) < 4.78 is 14.1. The maximum atomic E-state index is 14.1. The molecule has 2 saturated heterocycles. The number of likely N-dealkylation sites (tertiary alicyclic amines) is 2. The van der Waals surface area contributed by atoms with Gasteiger partial charge in [-0.2, -0.15) is 0 Å². The Kier molecular flexibility index (Phi) is 5.24. The number of aromatic nitrogens is 1. The Balaban J connectivity index is 1.23. The number of hydrogen-bond donors (Lipinski definition) is 2. The topological polar surface area (TPSA) is 68.4 Å². The molecule has 1 saturated carbocycles. The highest BCUT2D eigenvalue weighted by Gasteiger charge is 2.44. The van der Waals surface area contributed by atoms with Crippen LogP contribution in [0.1, 0.15) is 55.1 Å². The minimum Gasteiger partial charge on any atom is -0.350 e. The Labute approximate surface area is 182 Å². The van der Waals surface area contributed by atoms with Crippen molar-refractivity contribution in [1.29, 1.82) is 0 Å². The number of carbonyl (C=O) groups excluding carboxylic acids is 2. The van der Waals surface area contributed by atoms with Crippen LogP contribution in [0.3, 0.4) is 0 Å². The van der Waals surface area contributed by atoms with Gasteiger partial charge in [-0.25, -0.2) is 4.39 Å². The third-order valence-corrected chi connectivity index (χ3v) is 7.67. The summed E-state index contributed by atoms with van der Waals surface area (Å²) in [5.41, 5.74) is 2.02. The molecule has 3 aliphatic rings. The van der Waals surface area contributed by atoms with Crippen molar-refractivity contribution >= 4 is 22.7 Å². The molecule has 2 N–H and O–H groups in total. The SMILES string of the molecule is CC(=O)N1CC[C@H]2CN([C@@H]3CCC[C@@H](NC(=O)c4cc5c(F)ccc(C)c5[nH]4)C3)C[C@H]21. The van der Waals surface area contributed by atoms with Gasteiger partial charge in [0.15, 0.2) is 0 Å². The molecule has 2 amide bonds. The fourth-order valence-corrected chi connectivity index (χ4v) is 6.02. The number of halogens is 1. The number of H-pyrrole nitrogens is 1.